The summed E-state index contributed by atoms with van der Waals surface area (Å²) in [5.74, 6) is 0.248. The Kier molecular flexibility index (Phi) is 4.03. The van der Waals surface area contributed by atoms with Gasteiger partial charge in [0.2, 0.25) is 0 Å². The van der Waals surface area contributed by atoms with Crippen molar-refractivity contribution in [1.82, 2.24) is 5.32 Å². The zero-order chi connectivity index (χ0) is 14.7. The lowest BCUT2D eigenvalue weighted by atomic mass is 9.90. The SMILES string of the molecule is [CH2][C@H](CNC)c1ccccc1-c1ccc2ccccc2c1. The Morgan fingerprint density at radius 2 is 1.62 bits per heavy atom. The van der Waals surface area contributed by atoms with Crippen molar-refractivity contribution in [3.63, 3.8) is 0 Å². The van der Waals surface area contributed by atoms with Gasteiger partial charge in [0.05, 0.1) is 0 Å². The van der Waals surface area contributed by atoms with Gasteiger partial charge in [0.1, 0.15) is 0 Å². The Bertz CT molecular complexity index is 745. The molecule has 1 radical (unpaired) electrons. The predicted octanol–water partition coefficient (Wildman–Crippen LogP) is 4.64. The minimum absolute atomic E-state index is 0.248. The van der Waals surface area contributed by atoms with E-state index in [1.807, 2.05) is 7.05 Å². The number of hydrogen-bond acceptors (Lipinski definition) is 1. The van der Waals surface area contributed by atoms with Crippen LogP contribution in [0.25, 0.3) is 21.9 Å². The van der Waals surface area contributed by atoms with Crippen LogP contribution in [-0.2, 0) is 0 Å². The van der Waals surface area contributed by atoms with E-state index in [-0.39, 0.29) is 5.92 Å². The van der Waals surface area contributed by atoms with Crippen LogP contribution in [0.4, 0.5) is 0 Å². The fourth-order valence-electron chi connectivity index (χ4n) is 2.83. The van der Waals surface area contributed by atoms with Gasteiger partial charge >= 0.3 is 0 Å². The number of fused-ring (bicyclic) bond motifs is 1. The van der Waals surface area contributed by atoms with Crippen LogP contribution in [0.15, 0.2) is 66.7 Å². The molecule has 3 aromatic rings. The molecule has 21 heavy (non-hydrogen) atoms. The number of likely N-dealkylation sites (N-methyl/N-ethyl adjacent to an activating group) is 1. The van der Waals surface area contributed by atoms with Crippen molar-refractivity contribution in [3.05, 3.63) is 79.2 Å². The standard InChI is InChI=1S/C20H20N/c1-15(14-21-2)19-9-5-6-10-20(19)18-12-11-16-7-3-4-8-17(16)13-18/h3-13,15,21H,1,14H2,2H3/t15-/m1/s1. The summed E-state index contributed by atoms with van der Waals surface area (Å²) in [6, 6.07) is 23.7. The second-order valence-corrected chi connectivity index (χ2v) is 5.40. The first kappa shape index (κ1) is 13.8. The van der Waals surface area contributed by atoms with Crippen molar-refractivity contribution >= 4 is 10.8 Å². The zero-order valence-electron chi connectivity index (χ0n) is 12.3. The fourth-order valence-corrected chi connectivity index (χ4v) is 2.83. The quantitative estimate of drug-likeness (QED) is 0.730. The van der Waals surface area contributed by atoms with E-state index in [0.717, 1.165) is 6.54 Å². The summed E-state index contributed by atoms with van der Waals surface area (Å²) >= 11 is 0. The van der Waals surface area contributed by atoms with E-state index in [1.54, 1.807) is 0 Å². The molecule has 1 heteroatoms. The smallest absolute Gasteiger partial charge is 0.00173 e. The van der Waals surface area contributed by atoms with Crippen LogP contribution in [0.1, 0.15) is 11.5 Å². The van der Waals surface area contributed by atoms with Crippen LogP contribution in [0, 0.1) is 6.92 Å². The molecule has 0 fully saturated rings. The summed E-state index contributed by atoms with van der Waals surface area (Å²) in [4.78, 5) is 0. The molecular weight excluding hydrogens is 254 g/mol. The van der Waals surface area contributed by atoms with Gasteiger partial charge in [-0.15, -0.1) is 0 Å². The van der Waals surface area contributed by atoms with Crippen LogP contribution in [0.3, 0.4) is 0 Å². The average Bonchev–Trinajstić information content (AvgIpc) is 2.54. The van der Waals surface area contributed by atoms with E-state index >= 15 is 0 Å². The number of hydrogen-bond donors (Lipinski definition) is 1. The first-order chi connectivity index (χ1) is 10.3. The molecule has 0 amide bonds. The Morgan fingerprint density at radius 1 is 0.905 bits per heavy atom. The summed E-state index contributed by atoms with van der Waals surface area (Å²) in [6.07, 6.45) is 0. The Hall–Kier alpha value is -2.12. The van der Waals surface area contributed by atoms with Crippen molar-refractivity contribution in [1.29, 1.82) is 0 Å². The first-order valence-corrected chi connectivity index (χ1v) is 7.35. The van der Waals surface area contributed by atoms with Gasteiger partial charge in [-0.1, -0.05) is 60.7 Å². The minimum atomic E-state index is 0.248. The maximum Gasteiger partial charge on any atom is 0.00173 e. The van der Waals surface area contributed by atoms with Crippen molar-refractivity contribution in [2.24, 2.45) is 0 Å². The monoisotopic (exact) mass is 274 g/mol. The average molecular weight is 274 g/mol. The molecule has 1 atom stereocenters. The van der Waals surface area contributed by atoms with E-state index in [4.69, 9.17) is 0 Å². The topological polar surface area (TPSA) is 12.0 Å². The predicted molar refractivity (Wildman–Crippen MR) is 91.4 cm³/mol. The second-order valence-electron chi connectivity index (χ2n) is 5.40. The molecule has 0 aromatic heterocycles. The Labute approximate surface area is 126 Å². The van der Waals surface area contributed by atoms with Crippen LogP contribution < -0.4 is 5.32 Å². The van der Waals surface area contributed by atoms with Crippen molar-refractivity contribution in [2.75, 3.05) is 13.6 Å². The molecule has 3 rings (SSSR count). The van der Waals surface area contributed by atoms with Crippen molar-refractivity contribution in [2.45, 2.75) is 5.92 Å². The van der Waals surface area contributed by atoms with E-state index in [2.05, 4.69) is 79.0 Å². The third-order valence-corrected chi connectivity index (χ3v) is 3.91. The normalized spacial score (nSPS) is 12.5. The Morgan fingerprint density at radius 3 is 2.43 bits per heavy atom. The number of nitrogens with one attached hydrogen (secondary N) is 1. The second kappa shape index (κ2) is 6.11. The molecule has 0 unspecified atom stereocenters. The molecule has 0 aliphatic rings. The molecule has 0 aliphatic heterocycles. The maximum atomic E-state index is 4.28. The lowest BCUT2D eigenvalue weighted by Gasteiger charge is -2.16. The summed E-state index contributed by atoms with van der Waals surface area (Å²) in [7, 11) is 1.97. The molecule has 1 nitrogen and oxygen atoms in total. The molecule has 0 bridgehead atoms. The van der Waals surface area contributed by atoms with E-state index in [0.29, 0.717) is 0 Å². The van der Waals surface area contributed by atoms with Gasteiger partial charge in [-0.2, -0.15) is 0 Å². The number of benzene rings is 3. The summed E-state index contributed by atoms with van der Waals surface area (Å²) in [6.45, 7) is 5.16. The molecule has 0 spiro atoms. The minimum Gasteiger partial charge on any atom is -0.319 e. The van der Waals surface area contributed by atoms with Crippen LogP contribution in [0.2, 0.25) is 0 Å². The maximum absolute atomic E-state index is 4.28. The molecule has 3 aromatic carbocycles. The lowest BCUT2D eigenvalue weighted by Crippen LogP contribution is -2.15. The highest BCUT2D eigenvalue weighted by atomic mass is 14.8. The van der Waals surface area contributed by atoms with Gasteiger partial charge in [0.15, 0.2) is 0 Å². The zero-order valence-corrected chi connectivity index (χ0v) is 12.3. The van der Waals surface area contributed by atoms with Gasteiger partial charge in [0, 0.05) is 6.54 Å². The van der Waals surface area contributed by atoms with Gasteiger partial charge in [-0.05, 0) is 53.4 Å². The van der Waals surface area contributed by atoms with Crippen molar-refractivity contribution < 1.29 is 0 Å². The Balaban J connectivity index is 2.09. The largest absolute Gasteiger partial charge is 0.319 e. The third kappa shape index (κ3) is 2.84. The van der Waals surface area contributed by atoms with Crippen LogP contribution in [-0.4, -0.2) is 13.6 Å². The first-order valence-electron chi connectivity index (χ1n) is 7.35. The van der Waals surface area contributed by atoms with Gasteiger partial charge in [-0.25, -0.2) is 0 Å². The summed E-state index contributed by atoms with van der Waals surface area (Å²) < 4.78 is 0. The van der Waals surface area contributed by atoms with Crippen LogP contribution in [0.5, 0.6) is 0 Å². The van der Waals surface area contributed by atoms with Gasteiger partial charge in [0.25, 0.3) is 0 Å². The summed E-state index contributed by atoms with van der Waals surface area (Å²) in [5.41, 5.74) is 3.83. The van der Waals surface area contributed by atoms with E-state index < -0.39 is 0 Å². The highest BCUT2D eigenvalue weighted by molar-refractivity contribution is 5.87. The summed E-state index contributed by atoms with van der Waals surface area (Å²) in [5, 5.41) is 5.77. The van der Waals surface area contributed by atoms with Gasteiger partial charge in [-0.3, -0.25) is 0 Å². The molecular formula is C20H20N. The fraction of sp³-hybridized carbons (Fsp3) is 0.150. The number of rotatable bonds is 4. The molecule has 0 heterocycles. The molecule has 105 valence electrons. The van der Waals surface area contributed by atoms with Gasteiger partial charge < -0.3 is 5.32 Å². The molecule has 0 saturated heterocycles. The highest BCUT2D eigenvalue weighted by Gasteiger charge is 2.11. The van der Waals surface area contributed by atoms with Crippen LogP contribution >= 0.6 is 0 Å². The van der Waals surface area contributed by atoms with Crippen molar-refractivity contribution in [3.8, 4) is 11.1 Å². The van der Waals surface area contributed by atoms with E-state index in [1.165, 1.54) is 27.5 Å². The third-order valence-electron chi connectivity index (χ3n) is 3.91. The lowest BCUT2D eigenvalue weighted by molar-refractivity contribution is 0.724. The molecule has 0 saturated carbocycles. The van der Waals surface area contributed by atoms with E-state index in [9.17, 15) is 0 Å². The molecule has 1 N–H and O–H groups in total. The molecule has 0 aliphatic carbocycles. The highest BCUT2D eigenvalue weighted by Crippen LogP contribution is 2.30.